The SMILES string of the molecule is Cc1ccc(S(=O)(=O)N2C(=O)CC(c3ccc(Br)cc3)N2S(=O)(=O)c2ccc(C)cc2)cc1. The van der Waals surface area contributed by atoms with Crippen LogP contribution in [0.3, 0.4) is 0 Å². The third kappa shape index (κ3) is 4.35. The van der Waals surface area contributed by atoms with Crippen LogP contribution in [-0.2, 0) is 24.8 Å². The number of aryl methyl sites for hydroxylation is 2. The zero-order valence-corrected chi connectivity index (χ0v) is 21.1. The highest BCUT2D eigenvalue weighted by Gasteiger charge is 2.52. The van der Waals surface area contributed by atoms with E-state index in [1.807, 2.05) is 6.92 Å². The second-order valence-electron chi connectivity index (χ2n) is 7.82. The Morgan fingerprint density at radius 1 is 0.727 bits per heavy atom. The number of amides is 1. The van der Waals surface area contributed by atoms with Crippen LogP contribution >= 0.6 is 15.9 Å². The van der Waals surface area contributed by atoms with E-state index in [4.69, 9.17) is 0 Å². The predicted molar refractivity (Wildman–Crippen MR) is 127 cm³/mol. The summed E-state index contributed by atoms with van der Waals surface area (Å²) >= 11 is 3.34. The van der Waals surface area contributed by atoms with E-state index in [0.717, 1.165) is 15.6 Å². The van der Waals surface area contributed by atoms with Gasteiger partial charge in [-0.15, -0.1) is 4.41 Å². The standard InChI is InChI=1S/C23H21BrN2O5S2/c1-16-3-11-20(12-4-16)32(28,29)25-22(18-7-9-19(24)10-8-18)15-23(27)26(25)33(30,31)21-13-5-17(2)6-14-21/h3-14,22H,15H2,1-2H3. The molecule has 1 atom stereocenters. The third-order valence-electron chi connectivity index (χ3n) is 5.39. The number of nitrogens with zero attached hydrogens (tertiary/aromatic N) is 2. The Morgan fingerprint density at radius 2 is 1.18 bits per heavy atom. The Hall–Kier alpha value is -2.53. The molecule has 172 valence electrons. The van der Waals surface area contributed by atoms with Crippen molar-refractivity contribution in [2.24, 2.45) is 0 Å². The summed E-state index contributed by atoms with van der Waals surface area (Å²) in [5.41, 5.74) is 2.18. The molecule has 4 rings (SSSR count). The van der Waals surface area contributed by atoms with Crippen molar-refractivity contribution >= 4 is 41.9 Å². The predicted octanol–water partition coefficient (Wildman–Crippen LogP) is 4.33. The van der Waals surface area contributed by atoms with Crippen LogP contribution in [-0.4, -0.2) is 31.6 Å². The van der Waals surface area contributed by atoms with E-state index in [1.54, 1.807) is 55.5 Å². The van der Waals surface area contributed by atoms with Crippen LogP contribution in [0.2, 0.25) is 0 Å². The van der Waals surface area contributed by atoms with Gasteiger partial charge in [-0.25, -0.2) is 8.42 Å². The molecular weight excluding hydrogens is 528 g/mol. The molecule has 0 spiro atoms. The minimum absolute atomic E-state index is 0.103. The molecule has 33 heavy (non-hydrogen) atoms. The summed E-state index contributed by atoms with van der Waals surface area (Å²) in [7, 11) is -8.88. The van der Waals surface area contributed by atoms with Gasteiger partial charge in [0.15, 0.2) is 0 Å². The number of carbonyl (C=O) groups excluding carboxylic acids is 1. The number of halogens is 1. The second kappa shape index (κ2) is 8.68. The Kier molecular flexibility index (Phi) is 6.21. The molecule has 7 nitrogen and oxygen atoms in total. The van der Waals surface area contributed by atoms with Gasteiger partial charge in [-0.05, 0) is 55.8 Å². The first-order valence-electron chi connectivity index (χ1n) is 10.0. The highest BCUT2D eigenvalue weighted by molar-refractivity contribution is 9.10. The molecule has 0 N–H and O–H groups in total. The second-order valence-corrected chi connectivity index (χ2v) is 12.3. The fourth-order valence-electron chi connectivity index (χ4n) is 3.62. The van der Waals surface area contributed by atoms with E-state index in [0.29, 0.717) is 14.4 Å². The van der Waals surface area contributed by atoms with Crippen LogP contribution in [0.4, 0.5) is 0 Å². The number of hydrogen-bond donors (Lipinski definition) is 0. The molecule has 0 aromatic heterocycles. The Balaban J connectivity index is 1.90. The summed E-state index contributed by atoms with van der Waals surface area (Å²) in [6, 6.07) is 17.7. The van der Waals surface area contributed by atoms with Gasteiger partial charge in [0.25, 0.3) is 26.0 Å². The smallest absolute Gasteiger partial charge is 0.272 e. The average molecular weight is 549 g/mol. The first-order chi connectivity index (χ1) is 15.5. The molecule has 0 aliphatic carbocycles. The molecule has 0 radical (unpaired) electrons. The summed E-state index contributed by atoms with van der Waals surface area (Å²) in [6.07, 6.45) is -0.308. The van der Waals surface area contributed by atoms with Crippen molar-refractivity contribution in [3.63, 3.8) is 0 Å². The molecule has 3 aromatic carbocycles. The van der Waals surface area contributed by atoms with Gasteiger partial charge in [-0.1, -0.05) is 67.9 Å². The van der Waals surface area contributed by atoms with Gasteiger partial charge in [-0.3, -0.25) is 4.79 Å². The molecule has 0 bridgehead atoms. The fraction of sp³-hybridized carbons (Fsp3) is 0.174. The first kappa shape index (κ1) is 23.6. The minimum atomic E-state index is -4.48. The van der Waals surface area contributed by atoms with E-state index in [1.165, 1.54) is 24.3 Å². The van der Waals surface area contributed by atoms with Crippen LogP contribution in [0.25, 0.3) is 0 Å². The number of rotatable bonds is 5. The van der Waals surface area contributed by atoms with Crippen LogP contribution in [0, 0.1) is 13.8 Å². The number of hydrazine groups is 1. The molecule has 1 heterocycles. The largest absolute Gasteiger partial charge is 0.281 e. The van der Waals surface area contributed by atoms with Gasteiger partial charge in [0.2, 0.25) is 0 Å². The highest BCUT2D eigenvalue weighted by atomic mass is 79.9. The fourth-order valence-corrected chi connectivity index (χ4v) is 7.27. The van der Waals surface area contributed by atoms with Gasteiger partial charge in [0.1, 0.15) is 0 Å². The quantitative estimate of drug-likeness (QED) is 0.473. The van der Waals surface area contributed by atoms with Crippen molar-refractivity contribution in [1.82, 2.24) is 8.83 Å². The van der Waals surface area contributed by atoms with E-state index in [9.17, 15) is 21.6 Å². The Morgan fingerprint density at radius 3 is 1.67 bits per heavy atom. The van der Waals surface area contributed by atoms with E-state index >= 15 is 0 Å². The highest BCUT2D eigenvalue weighted by Crippen LogP contribution is 2.41. The molecule has 1 saturated heterocycles. The van der Waals surface area contributed by atoms with Crippen LogP contribution < -0.4 is 0 Å². The lowest BCUT2D eigenvalue weighted by Gasteiger charge is -2.30. The zero-order chi connectivity index (χ0) is 24.0. The van der Waals surface area contributed by atoms with Crippen molar-refractivity contribution in [3.8, 4) is 0 Å². The van der Waals surface area contributed by atoms with Crippen molar-refractivity contribution in [2.75, 3.05) is 0 Å². The van der Waals surface area contributed by atoms with Crippen molar-refractivity contribution < 1.29 is 21.6 Å². The first-order valence-corrected chi connectivity index (χ1v) is 13.7. The summed E-state index contributed by atoms with van der Waals surface area (Å²) in [5.74, 6) is -0.820. The summed E-state index contributed by atoms with van der Waals surface area (Å²) in [4.78, 5) is 12.8. The molecule has 1 aliphatic heterocycles. The maximum atomic E-state index is 13.7. The normalized spacial score (nSPS) is 17.5. The molecule has 1 amide bonds. The lowest BCUT2D eigenvalue weighted by molar-refractivity contribution is -0.126. The van der Waals surface area contributed by atoms with Gasteiger partial charge < -0.3 is 0 Å². The maximum absolute atomic E-state index is 13.7. The lowest BCUT2D eigenvalue weighted by Crippen LogP contribution is -2.47. The Labute approximate surface area is 201 Å². The third-order valence-corrected chi connectivity index (χ3v) is 9.51. The monoisotopic (exact) mass is 548 g/mol. The molecule has 1 unspecified atom stereocenters. The van der Waals surface area contributed by atoms with Crippen LogP contribution in [0.5, 0.6) is 0 Å². The molecule has 1 aliphatic rings. The van der Waals surface area contributed by atoms with Gasteiger partial charge in [-0.2, -0.15) is 8.42 Å². The minimum Gasteiger partial charge on any atom is -0.272 e. The molecule has 3 aromatic rings. The van der Waals surface area contributed by atoms with E-state index in [-0.39, 0.29) is 16.2 Å². The summed E-state index contributed by atoms with van der Waals surface area (Å²) < 4.78 is 56.4. The van der Waals surface area contributed by atoms with Crippen molar-refractivity contribution in [2.45, 2.75) is 36.1 Å². The molecule has 1 fully saturated rings. The molecular formula is C23H21BrN2O5S2. The van der Waals surface area contributed by atoms with E-state index in [2.05, 4.69) is 15.9 Å². The summed E-state index contributed by atoms with van der Waals surface area (Å²) in [5, 5.41) is 0. The maximum Gasteiger partial charge on any atom is 0.281 e. The van der Waals surface area contributed by atoms with Crippen LogP contribution in [0.1, 0.15) is 29.2 Å². The topological polar surface area (TPSA) is 91.8 Å². The van der Waals surface area contributed by atoms with Crippen molar-refractivity contribution in [1.29, 1.82) is 0 Å². The van der Waals surface area contributed by atoms with Gasteiger partial charge in [0.05, 0.1) is 22.3 Å². The van der Waals surface area contributed by atoms with Gasteiger partial charge in [0, 0.05) is 4.47 Å². The molecule has 0 saturated carbocycles. The van der Waals surface area contributed by atoms with Crippen molar-refractivity contribution in [3.05, 3.63) is 94.0 Å². The van der Waals surface area contributed by atoms with E-state index < -0.39 is 32.0 Å². The number of sulfonamides is 2. The lowest BCUT2D eigenvalue weighted by atomic mass is 10.1. The number of carbonyl (C=O) groups is 1. The number of benzene rings is 3. The average Bonchev–Trinajstić information content (AvgIpc) is 3.13. The molecule has 10 heteroatoms. The van der Waals surface area contributed by atoms with Crippen LogP contribution in [0.15, 0.2) is 87.1 Å². The summed E-state index contributed by atoms with van der Waals surface area (Å²) in [6.45, 7) is 3.61. The van der Waals surface area contributed by atoms with Gasteiger partial charge >= 0.3 is 0 Å². The zero-order valence-electron chi connectivity index (χ0n) is 17.8. The Bertz CT molecular complexity index is 1400. The number of hydrogen-bond acceptors (Lipinski definition) is 5.